The molecule has 1 atom stereocenters. The van der Waals surface area contributed by atoms with Crippen LogP contribution in [0.4, 0.5) is 5.69 Å². The van der Waals surface area contributed by atoms with Gasteiger partial charge in [-0.05, 0) is 19.1 Å². The lowest BCUT2D eigenvalue weighted by Gasteiger charge is -2.12. The summed E-state index contributed by atoms with van der Waals surface area (Å²) < 4.78 is 25.9. The molecule has 0 spiro atoms. The summed E-state index contributed by atoms with van der Waals surface area (Å²) in [5.74, 6) is 0. The van der Waals surface area contributed by atoms with Crippen molar-refractivity contribution in [1.82, 2.24) is 4.72 Å². The minimum absolute atomic E-state index is 0.0411. The summed E-state index contributed by atoms with van der Waals surface area (Å²) in [6.45, 7) is 1.33. The Morgan fingerprint density at radius 3 is 2.53 bits per heavy atom. The molecule has 0 aliphatic heterocycles. The molecule has 0 fully saturated rings. The van der Waals surface area contributed by atoms with E-state index in [0.29, 0.717) is 0 Å². The molecule has 5 nitrogen and oxygen atoms in total. The van der Waals surface area contributed by atoms with Gasteiger partial charge in [-0.3, -0.25) is 0 Å². The maximum Gasteiger partial charge on any atom is 0.244 e. The maximum absolute atomic E-state index is 11.9. The van der Waals surface area contributed by atoms with Gasteiger partial charge in [-0.15, -0.1) is 0 Å². The van der Waals surface area contributed by atoms with Crippen molar-refractivity contribution in [2.45, 2.75) is 17.9 Å². The van der Waals surface area contributed by atoms with Crippen LogP contribution >= 0.6 is 23.2 Å². The van der Waals surface area contributed by atoms with Gasteiger partial charge in [-0.1, -0.05) is 23.2 Å². The molecule has 0 saturated carbocycles. The highest BCUT2D eigenvalue weighted by Crippen LogP contribution is 2.30. The van der Waals surface area contributed by atoms with E-state index in [1.54, 1.807) is 0 Å². The van der Waals surface area contributed by atoms with E-state index < -0.39 is 16.1 Å². The van der Waals surface area contributed by atoms with Gasteiger partial charge in [-0.25, -0.2) is 13.1 Å². The third-order valence-electron chi connectivity index (χ3n) is 1.87. The Morgan fingerprint density at radius 1 is 1.47 bits per heavy atom. The van der Waals surface area contributed by atoms with Gasteiger partial charge in [0.15, 0.2) is 0 Å². The minimum atomic E-state index is -3.86. The van der Waals surface area contributed by atoms with E-state index in [4.69, 9.17) is 34.0 Å². The minimum Gasteiger partial charge on any atom is -0.398 e. The molecular weight excluding hydrogens is 287 g/mol. The first-order chi connectivity index (χ1) is 7.74. The summed E-state index contributed by atoms with van der Waals surface area (Å²) in [5, 5.41) is 9.22. The number of nitrogen functional groups attached to an aromatic ring is 1. The van der Waals surface area contributed by atoms with Gasteiger partial charge in [0.1, 0.15) is 4.90 Å². The molecule has 1 aromatic carbocycles. The van der Waals surface area contributed by atoms with Crippen molar-refractivity contribution in [2.24, 2.45) is 0 Å². The molecule has 96 valence electrons. The number of anilines is 1. The first-order valence-electron chi connectivity index (χ1n) is 4.66. The lowest BCUT2D eigenvalue weighted by Crippen LogP contribution is -2.31. The number of hydrogen-bond acceptors (Lipinski definition) is 4. The summed E-state index contributed by atoms with van der Waals surface area (Å²) in [5.41, 5.74) is 5.52. The van der Waals surface area contributed by atoms with Crippen molar-refractivity contribution < 1.29 is 13.5 Å². The Bertz CT molecular complexity index is 494. The van der Waals surface area contributed by atoms with Crippen molar-refractivity contribution in [3.05, 3.63) is 22.2 Å². The van der Waals surface area contributed by atoms with E-state index in [2.05, 4.69) is 4.72 Å². The molecule has 1 aromatic rings. The average Bonchev–Trinajstić information content (AvgIpc) is 2.12. The van der Waals surface area contributed by atoms with E-state index >= 15 is 0 Å². The maximum atomic E-state index is 11.9. The van der Waals surface area contributed by atoms with Crippen LogP contribution in [0, 0.1) is 0 Å². The number of nitrogens with one attached hydrogen (secondary N) is 1. The van der Waals surface area contributed by atoms with Crippen molar-refractivity contribution in [2.75, 3.05) is 12.3 Å². The number of aliphatic hydroxyl groups is 1. The van der Waals surface area contributed by atoms with E-state index in [1.807, 2.05) is 0 Å². The molecule has 0 saturated heterocycles. The fraction of sp³-hybridized carbons (Fsp3) is 0.333. The number of rotatable bonds is 4. The highest BCUT2D eigenvalue weighted by molar-refractivity contribution is 7.89. The van der Waals surface area contributed by atoms with Gasteiger partial charge in [0.25, 0.3) is 0 Å². The monoisotopic (exact) mass is 298 g/mol. The summed E-state index contributed by atoms with van der Waals surface area (Å²) in [4.78, 5) is -0.232. The number of benzene rings is 1. The molecule has 0 aliphatic carbocycles. The molecule has 0 unspecified atom stereocenters. The van der Waals surface area contributed by atoms with Crippen LogP contribution < -0.4 is 10.5 Å². The second-order valence-corrected chi connectivity index (χ2v) is 6.05. The third-order valence-corrected chi connectivity index (χ3v) is 4.04. The Balaban J connectivity index is 3.16. The Kier molecular flexibility index (Phi) is 4.62. The van der Waals surface area contributed by atoms with Crippen molar-refractivity contribution in [1.29, 1.82) is 0 Å². The molecule has 0 heterocycles. The Labute approximate surface area is 110 Å². The predicted molar refractivity (Wildman–Crippen MR) is 67.7 cm³/mol. The Morgan fingerprint density at radius 2 is 2.06 bits per heavy atom. The zero-order valence-corrected chi connectivity index (χ0v) is 11.3. The lowest BCUT2D eigenvalue weighted by atomic mass is 10.3. The summed E-state index contributed by atoms with van der Waals surface area (Å²) in [7, 11) is -3.86. The molecule has 0 radical (unpaired) electrons. The third kappa shape index (κ3) is 3.72. The molecule has 8 heteroatoms. The summed E-state index contributed by atoms with van der Waals surface area (Å²) in [6.07, 6.45) is -0.808. The lowest BCUT2D eigenvalue weighted by molar-refractivity contribution is 0.198. The molecule has 17 heavy (non-hydrogen) atoms. The number of sulfonamides is 1. The van der Waals surface area contributed by atoms with Gasteiger partial charge in [0, 0.05) is 11.6 Å². The second kappa shape index (κ2) is 5.41. The van der Waals surface area contributed by atoms with Crippen LogP contribution in [0.15, 0.2) is 17.0 Å². The van der Waals surface area contributed by atoms with Gasteiger partial charge in [0.05, 0.1) is 16.8 Å². The van der Waals surface area contributed by atoms with Crippen molar-refractivity contribution in [3.63, 3.8) is 0 Å². The molecule has 4 N–H and O–H groups in total. The summed E-state index contributed by atoms with van der Waals surface area (Å²) in [6, 6.07) is 2.58. The number of aliphatic hydroxyl groups excluding tert-OH is 1. The first kappa shape index (κ1) is 14.5. The van der Waals surface area contributed by atoms with E-state index in [1.165, 1.54) is 19.1 Å². The highest BCUT2D eigenvalue weighted by atomic mass is 35.5. The van der Waals surface area contributed by atoms with E-state index in [-0.39, 0.29) is 27.2 Å². The largest absolute Gasteiger partial charge is 0.398 e. The number of halogens is 2. The number of nitrogens with two attached hydrogens (primary N) is 1. The first-order valence-corrected chi connectivity index (χ1v) is 6.90. The van der Waals surface area contributed by atoms with Gasteiger partial charge in [-0.2, -0.15) is 0 Å². The molecule has 0 aromatic heterocycles. The van der Waals surface area contributed by atoms with Crippen LogP contribution in [-0.4, -0.2) is 26.2 Å². The van der Waals surface area contributed by atoms with Crippen molar-refractivity contribution >= 4 is 38.9 Å². The van der Waals surface area contributed by atoms with Crippen LogP contribution in [0.1, 0.15) is 6.92 Å². The predicted octanol–water partition coefficient (Wildman–Crippen LogP) is 1.23. The van der Waals surface area contributed by atoms with E-state index in [0.717, 1.165) is 0 Å². The van der Waals surface area contributed by atoms with Gasteiger partial charge < -0.3 is 10.8 Å². The standard InChI is InChI=1S/C9H12Cl2N2O3S/c1-5(14)4-13-17(15,16)9-7(11)2-6(10)3-8(9)12/h2-3,5,13-14H,4,12H2,1H3/t5-/m1/s1. The quantitative estimate of drug-likeness (QED) is 0.729. The molecule has 0 bridgehead atoms. The topological polar surface area (TPSA) is 92.4 Å². The molecule has 0 aliphatic rings. The Hall–Kier alpha value is -0.530. The van der Waals surface area contributed by atoms with Crippen LogP contribution in [0.25, 0.3) is 0 Å². The van der Waals surface area contributed by atoms with Gasteiger partial charge in [0.2, 0.25) is 10.0 Å². The zero-order chi connectivity index (χ0) is 13.2. The fourth-order valence-corrected chi connectivity index (χ4v) is 3.27. The highest BCUT2D eigenvalue weighted by Gasteiger charge is 2.22. The summed E-state index contributed by atoms with van der Waals surface area (Å²) >= 11 is 11.5. The SMILES string of the molecule is C[C@@H](O)CNS(=O)(=O)c1c(N)cc(Cl)cc1Cl. The van der Waals surface area contributed by atoms with E-state index in [9.17, 15) is 8.42 Å². The normalized spacial score (nSPS) is 13.6. The van der Waals surface area contributed by atoms with Crippen LogP contribution in [0.2, 0.25) is 10.0 Å². The molecule has 1 rings (SSSR count). The van der Waals surface area contributed by atoms with Crippen LogP contribution in [0.3, 0.4) is 0 Å². The van der Waals surface area contributed by atoms with Crippen LogP contribution in [0.5, 0.6) is 0 Å². The molecular formula is C9H12Cl2N2O3S. The number of hydrogen-bond donors (Lipinski definition) is 3. The zero-order valence-electron chi connectivity index (χ0n) is 8.94. The second-order valence-electron chi connectivity index (χ2n) is 3.51. The molecule has 0 amide bonds. The van der Waals surface area contributed by atoms with Gasteiger partial charge >= 0.3 is 0 Å². The average molecular weight is 299 g/mol. The fourth-order valence-electron chi connectivity index (χ4n) is 1.17. The van der Waals surface area contributed by atoms with Crippen LogP contribution in [-0.2, 0) is 10.0 Å². The van der Waals surface area contributed by atoms with Crippen molar-refractivity contribution in [3.8, 4) is 0 Å². The smallest absolute Gasteiger partial charge is 0.244 e.